The smallest absolute Gasteiger partial charge is 0.338 e. The molecule has 0 aliphatic carbocycles. The molecule has 42 heavy (non-hydrogen) atoms. The Labute approximate surface area is 246 Å². The highest BCUT2D eigenvalue weighted by Gasteiger charge is 2.34. The van der Waals surface area contributed by atoms with Gasteiger partial charge in [-0.15, -0.1) is 0 Å². The molecular weight excluding hydrogens is 557 g/mol. The summed E-state index contributed by atoms with van der Waals surface area (Å²) in [6.07, 6.45) is 1.84. The number of hydrogen-bond acceptors (Lipinski definition) is 7. The molecule has 0 bridgehead atoms. The molecule has 1 unspecified atom stereocenters. The summed E-state index contributed by atoms with van der Waals surface area (Å²) in [4.78, 5) is 32.5. The zero-order chi connectivity index (χ0) is 30.1. The third kappa shape index (κ3) is 5.18. The molecule has 10 heteroatoms. The van der Waals surface area contributed by atoms with Gasteiger partial charge in [-0.2, -0.15) is 0 Å². The van der Waals surface area contributed by atoms with Crippen LogP contribution in [0.5, 0.6) is 11.5 Å². The Bertz CT molecular complexity index is 1880. The van der Waals surface area contributed by atoms with Gasteiger partial charge in [0, 0.05) is 17.1 Å². The number of esters is 1. The minimum atomic E-state index is -0.779. The fourth-order valence-corrected chi connectivity index (χ4v) is 6.34. The van der Waals surface area contributed by atoms with Crippen LogP contribution in [0.15, 0.2) is 69.6 Å². The quantitative estimate of drug-likeness (QED) is 0.277. The van der Waals surface area contributed by atoms with Crippen molar-refractivity contribution in [1.82, 2.24) is 9.13 Å². The predicted molar refractivity (Wildman–Crippen MR) is 160 cm³/mol. The lowest BCUT2D eigenvalue weighted by atomic mass is 9.95. The lowest BCUT2D eigenvalue weighted by molar-refractivity contribution is -0.139. The Morgan fingerprint density at radius 3 is 2.45 bits per heavy atom. The number of ether oxygens (including phenoxy) is 3. The summed E-state index contributed by atoms with van der Waals surface area (Å²) in [5.41, 5.74) is 4.68. The summed E-state index contributed by atoms with van der Waals surface area (Å²) in [7, 11) is 1.56. The molecule has 3 heterocycles. The first-order chi connectivity index (χ1) is 20.2. The number of allylic oxidation sites excluding steroid dienone is 1. The Kier molecular flexibility index (Phi) is 8.17. The standard InChI is InChI=1S/C32H32FN3O5S/c1-7-40-26-16-21(9-14-25(26)39-6)29-28(31(38)41-8-2)19(4)34-32-36(29)30(37)27(42-32)17-22-15-18(3)35(20(22)5)24-12-10-23(33)11-13-24/h9-17,29H,7-8H2,1-6H3/b27-17+. The Morgan fingerprint density at radius 2 is 1.79 bits per heavy atom. The van der Waals surface area contributed by atoms with Crippen LogP contribution in [0.2, 0.25) is 0 Å². The molecule has 0 saturated heterocycles. The minimum absolute atomic E-state index is 0.184. The molecule has 218 valence electrons. The maximum Gasteiger partial charge on any atom is 0.338 e. The maximum absolute atomic E-state index is 14.1. The van der Waals surface area contributed by atoms with E-state index in [9.17, 15) is 14.0 Å². The van der Waals surface area contributed by atoms with Crippen molar-refractivity contribution in [3.8, 4) is 17.2 Å². The van der Waals surface area contributed by atoms with E-state index in [-0.39, 0.29) is 23.6 Å². The molecule has 2 aromatic heterocycles. The number of carbonyl (C=O) groups excluding carboxylic acids is 1. The van der Waals surface area contributed by atoms with Gasteiger partial charge in [0.15, 0.2) is 16.3 Å². The van der Waals surface area contributed by atoms with Gasteiger partial charge in [-0.25, -0.2) is 14.2 Å². The van der Waals surface area contributed by atoms with E-state index < -0.39 is 12.0 Å². The average Bonchev–Trinajstić information content (AvgIpc) is 3.42. The second kappa shape index (κ2) is 11.8. The van der Waals surface area contributed by atoms with Crippen molar-refractivity contribution in [3.05, 3.63) is 108 Å². The Hall–Kier alpha value is -4.44. The number of aromatic nitrogens is 2. The van der Waals surface area contributed by atoms with Gasteiger partial charge in [0.2, 0.25) is 0 Å². The largest absolute Gasteiger partial charge is 0.493 e. The topological polar surface area (TPSA) is 84.1 Å². The molecule has 0 fully saturated rings. The summed E-state index contributed by atoms with van der Waals surface area (Å²) < 4.78 is 34.2. The van der Waals surface area contributed by atoms with Crippen molar-refractivity contribution in [1.29, 1.82) is 0 Å². The molecule has 5 rings (SSSR count). The first-order valence-corrected chi connectivity index (χ1v) is 14.4. The van der Waals surface area contributed by atoms with Crippen LogP contribution in [0, 0.1) is 19.7 Å². The van der Waals surface area contributed by atoms with E-state index in [4.69, 9.17) is 14.2 Å². The molecule has 0 saturated carbocycles. The van der Waals surface area contributed by atoms with E-state index in [0.29, 0.717) is 38.7 Å². The third-order valence-electron chi connectivity index (χ3n) is 7.16. The predicted octanol–water partition coefficient (Wildman–Crippen LogP) is 4.75. The normalized spacial score (nSPS) is 14.9. The average molecular weight is 590 g/mol. The van der Waals surface area contributed by atoms with Gasteiger partial charge >= 0.3 is 5.97 Å². The lowest BCUT2D eigenvalue weighted by Crippen LogP contribution is -2.40. The maximum atomic E-state index is 14.1. The number of halogens is 1. The van der Waals surface area contributed by atoms with Crippen molar-refractivity contribution >= 4 is 23.4 Å². The number of thiazole rings is 1. The number of rotatable bonds is 8. The van der Waals surface area contributed by atoms with Crippen LogP contribution in [0.3, 0.4) is 0 Å². The molecule has 0 radical (unpaired) electrons. The molecule has 1 aliphatic heterocycles. The van der Waals surface area contributed by atoms with Gasteiger partial charge in [-0.05, 0) is 94.3 Å². The zero-order valence-electron chi connectivity index (χ0n) is 24.4. The first-order valence-electron chi connectivity index (χ1n) is 13.6. The zero-order valence-corrected chi connectivity index (χ0v) is 25.2. The van der Waals surface area contributed by atoms with E-state index in [0.717, 1.165) is 22.6 Å². The molecule has 0 N–H and O–H groups in total. The van der Waals surface area contributed by atoms with Gasteiger partial charge in [-0.3, -0.25) is 9.36 Å². The highest BCUT2D eigenvalue weighted by atomic mass is 32.1. The number of hydrogen-bond donors (Lipinski definition) is 0. The molecule has 4 aromatic rings. The van der Waals surface area contributed by atoms with Crippen molar-refractivity contribution < 1.29 is 23.4 Å². The summed E-state index contributed by atoms with van der Waals surface area (Å²) in [5, 5.41) is 0. The van der Waals surface area contributed by atoms with Crippen LogP contribution in [-0.4, -0.2) is 35.4 Å². The highest BCUT2D eigenvalue weighted by molar-refractivity contribution is 7.07. The second-order valence-electron chi connectivity index (χ2n) is 9.78. The van der Waals surface area contributed by atoms with Crippen LogP contribution < -0.4 is 24.4 Å². The first kappa shape index (κ1) is 29.1. The molecule has 8 nitrogen and oxygen atoms in total. The number of fused-ring (bicyclic) bond motifs is 1. The highest BCUT2D eigenvalue weighted by Crippen LogP contribution is 2.36. The monoisotopic (exact) mass is 589 g/mol. The van der Waals surface area contributed by atoms with Gasteiger partial charge in [-0.1, -0.05) is 17.4 Å². The molecule has 0 spiro atoms. The van der Waals surface area contributed by atoms with Crippen LogP contribution in [0.1, 0.15) is 49.3 Å². The van der Waals surface area contributed by atoms with Gasteiger partial charge < -0.3 is 18.8 Å². The summed E-state index contributed by atoms with van der Waals surface area (Å²) in [6.45, 7) is 9.88. The number of methoxy groups -OCH3 is 1. The van der Waals surface area contributed by atoms with E-state index in [2.05, 4.69) is 4.99 Å². The second-order valence-corrected chi connectivity index (χ2v) is 10.8. The van der Waals surface area contributed by atoms with Crippen LogP contribution in [0.4, 0.5) is 4.39 Å². The Morgan fingerprint density at radius 1 is 1.05 bits per heavy atom. The van der Waals surface area contributed by atoms with Crippen LogP contribution >= 0.6 is 11.3 Å². The van der Waals surface area contributed by atoms with Gasteiger partial charge in [0.25, 0.3) is 5.56 Å². The third-order valence-corrected chi connectivity index (χ3v) is 8.14. The summed E-state index contributed by atoms with van der Waals surface area (Å²) >= 11 is 1.26. The molecule has 2 aromatic carbocycles. The number of carbonyl (C=O) groups is 1. The van der Waals surface area contributed by atoms with Crippen LogP contribution in [0.25, 0.3) is 11.8 Å². The fourth-order valence-electron chi connectivity index (χ4n) is 5.30. The summed E-state index contributed by atoms with van der Waals surface area (Å²) in [6, 6.07) is 12.9. The SMILES string of the molecule is CCOC(=O)C1=C(C)N=c2s/c(=C/c3cc(C)n(-c4ccc(F)cc4)c3C)c(=O)n2C1c1ccc(OC)c(OCC)c1. The van der Waals surface area contributed by atoms with E-state index >= 15 is 0 Å². The summed E-state index contributed by atoms with van der Waals surface area (Å²) in [5.74, 6) is 0.211. The van der Waals surface area contributed by atoms with Crippen molar-refractivity contribution in [2.75, 3.05) is 20.3 Å². The van der Waals surface area contributed by atoms with Gasteiger partial charge in [0.05, 0.1) is 42.2 Å². The molecule has 1 aliphatic rings. The van der Waals surface area contributed by atoms with Crippen molar-refractivity contribution in [2.45, 2.75) is 40.7 Å². The molecule has 1 atom stereocenters. The Balaban J connectivity index is 1.70. The van der Waals surface area contributed by atoms with Crippen LogP contribution in [-0.2, 0) is 9.53 Å². The lowest BCUT2D eigenvalue weighted by Gasteiger charge is -2.25. The molecular formula is C32H32FN3O5S. The van der Waals surface area contributed by atoms with Crippen molar-refractivity contribution in [3.63, 3.8) is 0 Å². The van der Waals surface area contributed by atoms with Gasteiger partial charge in [0.1, 0.15) is 5.82 Å². The van der Waals surface area contributed by atoms with E-state index in [1.807, 2.05) is 43.5 Å². The number of nitrogens with zero attached hydrogens (tertiary/aromatic N) is 3. The molecule has 0 amide bonds. The number of benzene rings is 2. The fraction of sp³-hybridized carbons (Fsp3) is 0.281. The number of aryl methyl sites for hydroxylation is 1. The van der Waals surface area contributed by atoms with E-state index in [1.165, 1.54) is 23.5 Å². The minimum Gasteiger partial charge on any atom is -0.493 e. The van der Waals surface area contributed by atoms with E-state index in [1.54, 1.807) is 49.8 Å². The van der Waals surface area contributed by atoms with Crippen molar-refractivity contribution in [2.24, 2.45) is 4.99 Å².